The van der Waals surface area contributed by atoms with E-state index in [4.69, 9.17) is 9.47 Å². The fourth-order valence-corrected chi connectivity index (χ4v) is 2.90. The monoisotopic (exact) mass is 416 g/mol. The standard InChI is InChI=1S/C22H36N6O2/c1-5-13-29-20-10-9-19(15-21(20)30-14-6-2)18(3)27-22(23-4)24-11-7-8-12-28-16-25-26-17-28/h9-10,15-18H,5-8,11-14H2,1-4H3,(H2,23,24,27). The molecule has 0 bridgehead atoms. The molecular formula is C22H36N6O2. The first kappa shape index (κ1) is 23.5. The summed E-state index contributed by atoms with van der Waals surface area (Å²) in [6.45, 7) is 9.44. The largest absolute Gasteiger partial charge is 0.490 e. The Bertz CT molecular complexity index is 748. The van der Waals surface area contributed by atoms with Crippen LogP contribution in [0.1, 0.15) is 58.1 Å². The Morgan fingerprint density at radius 2 is 1.77 bits per heavy atom. The molecule has 0 amide bonds. The van der Waals surface area contributed by atoms with Gasteiger partial charge in [-0.2, -0.15) is 0 Å². The van der Waals surface area contributed by atoms with E-state index in [0.717, 1.165) is 61.8 Å². The molecule has 2 N–H and O–H groups in total. The number of unbranched alkanes of at least 4 members (excludes halogenated alkanes) is 1. The molecule has 0 saturated heterocycles. The molecule has 0 aliphatic heterocycles. The predicted molar refractivity (Wildman–Crippen MR) is 120 cm³/mol. The number of guanidine groups is 1. The van der Waals surface area contributed by atoms with Crippen LogP contribution in [0.3, 0.4) is 0 Å². The van der Waals surface area contributed by atoms with Crippen molar-refractivity contribution in [2.24, 2.45) is 4.99 Å². The van der Waals surface area contributed by atoms with E-state index in [1.165, 1.54) is 0 Å². The summed E-state index contributed by atoms with van der Waals surface area (Å²) >= 11 is 0. The molecule has 0 aliphatic rings. The fourth-order valence-electron chi connectivity index (χ4n) is 2.90. The van der Waals surface area contributed by atoms with Crippen molar-refractivity contribution in [2.75, 3.05) is 26.8 Å². The van der Waals surface area contributed by atoms with Gasteiger partial charge in [0.05, 0.1) is 19.3 Å². The minimum atomic E-state index is 0.0809. The smallest absolute Gasteiger partial charge is 0.191 e. The van der Waals surface area contributed by atoms with E-state index < -0.39 is 0 Å². The summed E-state index contributed by atoms with van der Waals surface area (Å²) in [5, 5.41) is 14.5. The lowest BCUT2D eigenvalue weighted by Crippen LogP contribution is -2.39. The molecule has 1 aromatic heterocycles. The van der Waals surface area contributed by atoms with Gasteiger partial charge in [-0.25, -0.2) is 0 Å². The maximum Gasteiger partial charge on any atom is 0.191 e. The molecular weight excluding hydrogens is 380 g/mol. The second kappa shape index (κ2) is 13.5. The van der Waals surface area contributed by atoms with Gasteiger partial charge in [0.2, 0.25) is 0 Å². The van der Waals surface area contributed by atoms with Crippen molar-refractivity contribution >= 4 is 5.96 Å². The van der Waals surface area contributed by atoms with Crippen molar-refractivity contribution in [3.05, 3.63) is 36.4 Å². The van der Waals surface area contributed by atoms with Crippen molar-refractivity contribution < 1.29 is 9.47 Å². The van der Waals surface area contributed by atoms with Crippen LogP contribution in [0, 0.1) is 0 Å². The number of rotatable bonds is 13. The van der Waals surface area contributed by atoms with Gasteiger partial charge in [0.1, 0.15) is 12.7 Å². The highest BCUT2D eigenvalue weighted by Crippen LogP contribution is 2.31. The highest BCUT2D eigenvalue weighted by molar-refractivity contribution is 5.80. The van der Waals surface area contributed by atoms with E-state index in [9.17, 15) is 0 Å². The SMILES string of the molecule is CCCOc1ccc(C(C)NC(=NC)NCCCCn2cnnc2)cc1OCCC. The molecule has 1 atom stereocenters. The summed E-state index contributed by atoms with van der Waals surface area (Å²) < 4.78 is 13.7. The van der Waals surface area contributed by atoms with E-state index >= 15 is 0 Å². The maximum absolute atomic E-state index is 5.92. The highest BCUT2D eigenvalue weighted by Gasteiger charge is 2.12. The molecule has 8 heteroatoms. The minimum Gasteiger partial charge on any atom is -0.490 e. The van der Waals surface area contributed by atoms with Crippen LogP contribution in [0.2, 0.25) is 0 Å². The highest BCUT2D eigenvalue weighted by atomic mass is 16.5. The van der Waals surface area contributed by atoms with Gasteiger partial charge in [0, 0.05) is 20.1 Å². The fraction of sp³-hybridized carbons (Fsp3) is 0.591. The third kappa shape index (κ3) is 7.93. The zero-order valence-electron chi connectivity index (χ0n) is 18.7. The number of nitrogens with zero attached hydrogens (tertiary/aromatic N) is 4. The molecule has 30 heavy (non-hydrogen) atoms. The van der Waals surface area contributed by atoms with Gasteiger partial charge < -0.3 is 24.7 Å². The van der Waals surface area contributed by atoms with Crippen LogP contribution in [0.15, 0.2) is 35.8 Å². The average molecular weight is 417 g/mol. The summed E-state index contributed by atoms with van der Waals surface area (Å²) in [6.07, 6.45) is 7.49. The van der Waals surface area contributed by atoms with E-state index in [2.05, 4.69) is 58.7 Å². The number of aliphatic imine (C=N–C) groups is 1. The maximum atomic E-state index is 5.92. The van der Waals surface area contributed by atoms with Crippen molar-refractivity contribution in [2.45, 2.75) is 59.0 Å². The van der Waals surface area contributed by atoms with Crippen LogP contribution in [-0.4, -0.2) is 47.5 Å². The molecule has 1 heterocycles. The summed E-state index contributed by atoms with van der Waals surface area (Å²) in [6, 6.07) is 6.21. The minimum absolute atomic E-state index is 0.0809. The molecule has 8 nitrogen and oxygen atoms in total. The summed E-state index contributed by atoms with van der Waals surface area (Å²) in [4.78, 5) is 4.34. The van der Waals surface area contributed by atoms with Gasteiger partial charge >= 0.3 is 0 Å². The molecule has 1 unspecified atom stereocenters. The Morgan fingerprint density at radius 1 is 1.07 bits per heavy atom. The zero-order chi connectivity index (χ0) is 21.6. The van der Waals surface area contributed by atoms with Crippen molar-refractivity contribution in [1.29, 1.82) is 0 Å². The molecule has 0 aliphatic carbocycles. The number of ether oxygens (including phenoxy) is 2. The van der Waals surface area contributed by atoms with Crippen LogP contribution in [-0.2, 0) is 6.54 Å². The Labute approximate surface area is 180 Å². The molecule has 0 saturated carbocycles. The lowest BCUT2D eigenvalue weighted by Gasteiger charge is -2.20. The van der Waals surface area contributed by atoms with Crippen LogP contribution in [0.5, 0.6) is 11.5 Å². The van der Waals surface area contributed by atoms with Gasteiger partial charge in [0.15, 0.2) is 17.5 Å². The number of benzene rings is 1. The Kier molecular flexibility index (Phi) is 10.5. The van der Waals surface area contributed by atoms with Gasteiger partial charge in [-0.3, -0.25) is 4.99 Å². The molecule has 0 radical (unpaired) electrons. The summed E-state index contributed by atoms with van der Waals surface area (Å²) in [5.74, 6) is 2.39. The molecule has 0 fully saturated rings. The third-order valence-electron chi connectivity index (χ3n) is 4.57. The van der Waals surface area contributed by atoms with Crippen molar-refractivity contribution in [3.8, 4) is 11.5 Å². The molecule has 166 valence electrons. The van der Waals surface area contributed by atoms with E-state index in [1.807, 2.05) is 10.6 Å². The van der Waals surface area contributed by atoms with Crippen molar-refractivity contribution in [3.63, 3.8) is 0 Å². The number of hydrogen-bond donors (Lipinski definition) is 2. The summed E-state index contributed by atoms with van der Waals surface area (Å²) in [7, 11) is 1.79. The van der Waals surface area contributed by atoms with E-state index in [1.54, 1.807) is 19.7 Å². The Morgan fingerprint density at radius 3 is 2.43 bits per heavy atom. The Hall–Kier alpha value is -2.77. The lowest BCUT2D eigenvalue weighted by atomic mass is 10.1. The predicted octanol–water partition coefficient (Wildman–Crippen LogP) is 3.56. The van der Waals surface area contributed by atoms with E-state index in [0.29, 0.717) is 13.2 Å². The topological polar surface area (TPSA) is 85.6 Å². The van der Waals surface area contributed by atoms with Gasteiger partial charge in [-0.15, -0.1) is 10.2 Å². The number of aromatic nitrogens is 3. The van der Waals surface area contributed by atoms with Crippen LogP contribution < -0.4 is 20.1 Å². The number of aryl methyl sites for hydroxylation is 1. The lowest BCUT2D eigenvalue weighted by molar-refractivity contribution is 0.268. The normalized spacial score (nSPS) is 12.5. The van der Waals surface area contributed by atoms with E-state index in [-0.39, 0.29) is 6.04 Å². The second-order valence-corrected chi connectivity index (χ2v) is 7.17. The molecule has 2 rings (SSSR count). The third-order valence-corrected chi connectivity index (χ3v) is 4.57. The first-order valence-electron chi connectivity index (χ1n) is 10.9. The van der Waals surface area contributed by atoms with Gasteiger partial charge in [-0.1, -0.05) is 19.9 Å². The second-order valence-electron chi connectivity index (χ2n) is 7.17. The number of nitrogens with one attached hydrogen (secondary N) is 2. The summed E-state index contributed by atoms with van der Waals surface area (Å²) in [5.41, 5.74) is 1.13. The molecule has 0 spiro atoms. The van der Waals surface area contributed by atoms with Gasteiger partial charge in [0.25, 0.3) is 0 Å². The first-order valence-corrected chi connectivity index (χ1v) is 10.9. The van der Waals surface area contributed by atoms with Gasteiger partial charge in [-0.05, 0) is 50.3 Å². The molecule has 1 aromatic carbocycles. The molecule has 2 aromatic rings. The Balaban J connectivity index is 1.86. The van der Waals surface area contributed by atoms with Crippen LogP contribution >= 0.6 is 0 Å². The van der Waals surface area contributed by atoms with Crippen LogP contribution in [0.4, 0.5) is 0 Å². The first-order chi connectivity index (χ1) is 14.7. The average Bonchev–Trinajstić information content (AvgIpc) is 3.28. The quantitative estimate of drug-likeness (QED) is 0.295. The zero-order valence-corrected chi connectivity index (χ0v) is 18.7. The number of hydrogen-bond acceptors (Lipinski definition) is 5. The van der Waals surface area contributed by atoms with Crippen molar-refractivity contribution in [1.82, 2.24) is 25.4 Å². The van der Waals surface area contributed by atoms with Crippen LogP contribution in [0.25, 0.3) is 0 Å².